The Bertz CT molecular complexity index is 1640. The van der Waals surface area contributed by atoms with Gasteiger partial charge in [-0.25, -0.2) is 13.6 Å². The Balaban J connectivity index is 1.34. The van der Waals surface area contributed by atoms with Gasteiger partial charge in [0.15, 0.2) is 0 Å². The maximum absolute atomic E-state index is 13.5. The van der Waals surface area contributed by atoms with Crippen molar-refractivity contribution < 1.29 is 23.2 Å². The molecule has 0 saturated carbocycles. The van der Waals surface area contributed by atoms with E-state index < -0.39 is 11.7 Å². The van der Waals surface area contributed by atoms with Crippen LogP contribution >= 0.6 is 0 Å². The van der Waals surface area contributed by atoms with E-state index in [2.05, 4.69) is 20.9 Å². The van der Waals surface area contributed by atoms with Gasteiger partial charge in [0.2, 0.25) is 0 Å². The molecule has 10 heteroatoms. The molecule has 0 radical (unpaired) electrons. The number of urea groups is 1. The highest BCUT2D eigenvalue weighted by Crippen LogP contribution is 2.27. The summed E-state index contributed by atoms with van der Waals surface area (Å²) in [5, 5.41) is 8.63. The summed E-state index contributed by atoms with van der Waals surface area (Å²) >= 11 is 0. The number of amides is 4. The molecule has 3 N–H and O–H groups in total. The second kappa shape index (κ2) is 13.8. The highest BCUT2D eigenvalue weighted by molar-refractivity contribution is 6.06. The number of halogens is 2. The molecule has 44 heavy (non-hydrogen) atoms. The van der Waals surface area contributed by atoms with E-state index in [9.17, 15) is 23.2 Å². The van der Waals surface area contributed by atoms with Crippen LogP contribution < -0.4 is 20.9 Å². The van der Waals surface area contributed by atoms with Gasteiger partial charge in [-0.05, 0) is 91.2 Å². The van der Waals surface area contributed by atoms with Gasteiger partial charge in [-0.1, -0.05) is 24.3 Å². The van der Waals surface area contributed by atoms with E-state index in [1.54, 1.807) is 35.2 Å². The topological polar surface area (TPSA) is 93.8 Å². The molecule has 4 amide bonds. The third-order valence-corrected chi connectivity index (χ3v) is 7.36. The van der Waals surface area contributed by atoms with Gasteiger partial charge >= 0.3 is 6.03 Å². The molecule has 0 aliphatic carbocycles. The second-order valence-corrected chi connectivity index (χ2v) is 10.6. The summed E-state index contributed by atoms with van der Waals surface area (Å²) in [4.78, 5) is 43.2. The van der Waals surface area contributed by atoms with Gasteiger partial charge in [-0.15, -0.1) is 0 Å². The van der Waals surface area contributed by atoms with Gasteiger partial charge in [0, 0.05) is 55.3 Å². The van der Waals surface area contributed by atoms with Crippen LogP contribution in [0, 0.1) is 18.6 Å². The molecule has 0 unspecified atom stereocenters. The fourth-order valence-corrected chi connectivity index (χ4v) is 5.04. The minimum Gasteiger partial charge on any atom is -0.369 e. The number of nitrogens with zero attached hydrogens (tertiary/aromatic N) is 2. The number of carbonyl (C=O) groups excluding carboxylic acids is 3. The van der Waals surface area contributed by atoms with Crippen LogP contribution in [0.1, 0.15) is 38.3 Å². The zero-order valence-electron chi connectivity index (χ0n) is 24.3. The number of rotatable bonds is 7. The average molecular weight is 598 g/mol. The van der Waals surface area contributed by atoms with Gasteiger partial charge in [-0.3, -0.25) is 9.59 Å². The Morgan fingerprint density at radius 3 is 2.16 bits per heavy atom. The normalized spacial score (nSPS) is 13.2. The molecule has 5 rings (SSSR count). The van der Waals surface area contributed by atoms with Gasteiger partial charge in [-0.2, -0.15) is 0 Å². The zero-order chi connectivity index (χ0) is 31.1. The predicted molar refractivity (Wildman–Crippen MR) is 167 cm³/mol. The largest absolute Gasteiger partial charge is 0.369 e. The molecule has 226 valence electrons. The summed E-state index contributed by atoms with van der Waals surface area (Å²) < 4.78 is 26.7. The minimum atomic E-state index is -0.449. The van der Waals surface area contributed by atoms with Crippen LogP contribution in [0.2, 0.25) is 0 Å². The highest BCUT2D eigenvalue weighted by atomic mass is 19.1. The van der Waals surface area contributed by atoms with E-state index in [-0.39, 0.29) is 29.9 Å². The van der Waals surface area contributed by atoms with Crippen molar-refractivity contribution in [3.05, 3.63) is 125 Å². The number of carbonyl (C=O) groups is 3. The van der Waals surface area contributed by atoms with Crippen molar-refractivity contribution in [2.75, 3.05) is 41.7 Å². The molecule has 0 atom stereocenters. The third kappa shape index (κ3) is 7.77. The Morgan fingerprint density at radius 2 is 1.43 bits per heavy atom. The lowest BCUT2D eigenvalue weighted by atomic mass is 10.1. The number of anilines is 3. The third-order valence-electron chi connectivity index (χ3n) is 7.36. The summed E-state index contributed by atoms with van der Waals surface area (Å²) in [6, 6.07) is 23.5. The molecule has 1 fully saturated rings. The van der Waals surface area contributed by atoms with Crippen LogP contribution in [0.4, 0.5) is 30.6 Å². The van der Waals surface area contributed by atoms with Crippen molar-refractivity contribution in [1.29, 1.82) is 0 Å². The maximum atomic E-state index is 13.5. The second-order valence-electron chi connectivity index (χ2n) is 10.6. The monoisotopic (exact) mass is 597 g/mol. The smallest absolute Gasteiger partial charge is 0.321 e. The number of hydrogen-bond acceptors (Lipinski definition) is 4. The summed E-state index contributed by atoms with van der Waals surface area (Å²) in [7, 11) is 0. The lowest BCUT2D eigenvalue weighted by Gasteiger charge is -2.26. The van der Waals surface area contributed by atoms with Gasteiger partial charge in [0.05, 0.1) is 5.56 Å². The number of aryl methyl sites for hydroxylation is 1. The molecule has 1 heterocycles. The lowest BCUT2D eigenvalue weighted by molar-refractivity contribution is 0.0950. The highest BCUT2D eigenvalue weighted by Gasteiger charge is 2.23. The summed E-state index contributed by atoms with van der Waals surface area (Å²) in [5.74, 6) is -1.63. The van der Waals surface area contributed by atoms with E-state index in [0.29, 0.717) is 49.5 Å². The molecule has 0 aromatic heterocycles. The van der Waals surface area contributed by atoms with Gasteiger partial charge < -0.3 is 25.8 Å². The summed E-state index contributed by atoms with van der Waals surface area (Å²) in [6.45, 7) is 4.22. The van der Waals surface area contributed by atoms with Crippen LogP contribution in [0.5, 0.6) is 0 Å². The van der Waals surface area contributed by atoms with Crippen LogP contribution in [0.3, 0.4) is 0 Å². The van der Waals surface area contributed by atoms with Gasteiger partial charge in [0.25, 0.3) is 11.8 Å². The summed E-state index contributed by atoms with van der Waals surface area (Å²) in [5.41, 5.74) is 4.16. The Kier molecular flexibility index (Phi) is 9.49. The fraction of sp³-hybridized carbons (Fsp3) is 0.206. The van der Waals surface area contributed by atoms with Crippen molar-refractivity contribution in [3.8, 4) is 0 Å². The van der Waals surface area contributed by atoms with E-state index in [1.807, 2.05) is 31.2 Å². The molecule has 4 aromatic carbocycles. The summed E-state index contributed by atoms with van der Waals surface area (Å²) in [6.07, 6.45) is 0.681. The lowest BCUT2D eigenvalue weighted by Crippen LogP contribution is -2.38. The molecule has 0 bridgehead atoms. The van der Waals surface area contributed by atoms with Crippen molar-refractivity contribution in [2.45, 2.75) is 19.9 Å². The van der Waals surface area contributed by atoms with Crippen LogP contribution in [0.15, 0.2) is 91.0 Å². The quantitative estimate of drug-likeness (QED) is 0.237. The first-order valence-electron chi connectivity index (χ1n) is 14.4. The van der Waals surface area contributed by atoms with E-state index in [4.69, 9.17) is 0 Å². The Hall–Kier alpha value is -5.25. The fourth-order valence-electron chi connectivity index (χ4n) is 5.04. The standard InChI is InChI=1S/C34H33F2N5O3/c1-23-4-2-5-28(20-23)39-34(44)41-17-3-16-40(18-19-41)31-15-14-29(38-32(42)25-8-12-27(36)13-9-25)21-30(31)33(43)37-22-24-6-10-26(35)11-7-24/h2,4-15,20-21H,3,16-19,22H2,1H3,(H,37,43)(H,38,42)(H,39,44). The first-order valence-corrected chi connectivity index (χ1v) is 14.4. The van der Waals surface area contributed by atoms with E-state index in [1.165, 1.54) is 36.4 Å². The first kappa shape index (κ1) is 30.2. The average Bonchev–Trinajstić information content (AvgIpc) is 3.27. The van der Waals surface area contributed by atoms with Gasteiger partial charge in [0.1, 0.15) is 11.6 Å². The number of benzene rings is 4. The van der Waals surface area contributed by atoms with E-state index in [0.717, 1.165) is 16.8 Å². The SMILES string of the molecule is Cc1cccc(NC(=O)N2CCCN(c3ccc(NC(=O)c4ccc(F)cc4)cc3C(=O)NCc3ccc(F)cc3)CC2)c1. The molecule has 0 spiro atoms. The van der Waals surface area contributed by atoms with Crippen LogP contribution in [-0.4, -0.2) is 48.9 Å². The maximum Gasteiger partial charge on any atom is 0.321 e. The zero-order valence-corrected chi connectivity index (χ0v) is 24.3. The predicted octanol–water partition coefficient (Wildman–Crippen LogP) is 6.20. The molecule has 1 saturated heterocycles. The van der Waals surface area contributed by atoms with Crippen molar-refractivity contribution in [2.24, 2.45) is 0 Å². The number of hydrogen-bond donors (Lipinski definition) is 3. The molecular formula is C34H33F2N5O3. The van der Waals surface area contributed by atoms with E-state index >= 15 is 0 Å². The molecule has 1 aliphatic heterocycles. The molecular weight excluding hydrogens is 564 g/mol. The Labute approximate surface area is 254 Å². The van der Waals surface area contributed by atoms with Crippen molar-refractivity contribution in [1.82, 2.24) is 10.2 Å². The molecule has 4 aromatic rings. The molecule has 1 aliphatic rings. The van der Waals surface area contributed by atoms with Crippen molar-refractivity contribution >= 4 is 34.9 Å². The molecule has 8 nitrogen and oxygen atoms in total. The minimum absolute atomic E-state index is 0.178. The van der Waals surface area contributed by atoms with Crippen LogP contribution in [-0.2, 0) is 6.54 Å². The Morgan fingerprint density at radius 1 is 0.727 bits per heavy atom. The number of nitrogens with one attached hydrogen (secondary N) is 3. The van der Waals surface area contributed by atoms with Crippen molar-refractivity contribution in [3.63, 3.8) is 0 Å². The van der Waals surface area contributed by atoms with Crippen LogP contribution in [0.25, 0.3) is 0 Å². The first-order chi connectivity index (χ1) is 21.2.